The highest BCUT2D eigenvalue weighted by molar-refractivity contribution is 5.79. The maximum Gasteiger partial charge on any atom is 0.0698 e. The molecule has 0 fully saturated rings. The van der Waals surface area contributed by atoms with Gasteiger partial charge in [0.2, 0.25) is 0 Å². The Balaban J connectivity index is 2.09. The lowest BCUT2D eigenvalue weighted by atomic mass is 9.79. The monoisotopic (exact) mass is 228 g/mol. The molecule has 0 amide bonds. The Morgan fingerprint density at radius 2 is 2.29 bits per heavy atom. The van der Waals surface area contributed by atoms with Gasteiger partial charge in [-0.2, -0.15) is 0 Å². The van der Waals surface area contributed by atoms with Crippen LogP contribution in [0, 0.1) is 12.8 Å². The largest absolute Gasteiger partial charge is 0.548 e. The topological polar surface area (TPSA) is 52.2 Å². The fourth-order valence-electron chi connectivity index (χ4n) is 2.95. The Hall–Kier alpha value is -1.77. The number of rotatable bonds is 1. The first kappa shape index (κ1) is 10.4. The van der Waals surface area contributed by atoms with E-state index < -0.39 is 12.0 Å². The minimum absolute atomic E-state index is 0.0919. The summed E-state index contributed by atoms with van der Waals surface area (Å²) in [5, 5.41) is 14.3. The zero-order valence-electron chi connectivity index (χ0n) is 9.64. The van der Waals surface area contributed by atoms with Gasteiger partial charge in [-0.1, -0.05) is 29.8 Å². The van der Waals surface area contributed by atoms with Gasteiger partial charge < -0.3 is 15.2 Å². The van der Waals surface area contributed by atoms with Crippen LogP contribution in [-0.2, 0) is 4.79 Å². The van der Waals surface area contributed by atoms with E-state index in [-0.39, 0.29) is 11.8 Å². The molecule has 0 saturated carbocycles. The first-order valence-corrected chi connectivity index (χ1v) is 5.91. The van der Waals surface area contributed by atoms with E-state index in [1.165, 1.54) is 11.1 Å². The SMILES string of the molecule is Cc1ccc2c(c1)[C@H]1C=CC[C@H]1[C@H](C(=O)[O-])N2. The van der Waals surface area contributed by atoms with E-state index in [2.05, 4.69) is 30.5 Å². The lowest BCUT2D eigenvalue weighted by Gasteiger charge is -2.37. The van der Waals surface area contributed by atoms with Crippen molar-refractivity contribution >= 4 is 11.7 Å². The summed E-state index contributed by atoms with van der Waals surface area (Å²) in [6.07, 6.45) is 5.01. The number of nitrogens with one attached hydrogen (secondary N) is 1. The molecule has 17 heavy (non-hydrogen) atoms. The molecule has 88 valence electrons. The second-order valence-corrected chi connectivity index (χ2v) is 4.89. The molecule has 3 atom stereocenters. The van der Waals surface area contributed by atoms with Gasteiger partial charge in [-0.05, 0) is 30.9 Å². The van der Waals surface area contributed by atoms with Crippen molar-refractivity contribution in [1.29, 1.82) is 0 Å². The van der Waals surface area contributed by atoms with Crippen LogP contribution in [0.25, 0.3) is 0 Å². The van der Waals surface area contributed by atoms with Gasteiger partial charge >= 0.3 is 0 Å². The molecular weight excluding hydrogens is 214 g/mol. The zero-order valence-corrected chi connectivity index (χ0v) is 9.64. The van der Waals surface area contributed by atoms with E-state index in [1.807, 2.05) is 12.1 Å². The first-order chi connectivity index (χ1) is 8.16. The summed E-state index contributed by atoms with van der Waals surface area (Å²) in [4.78, 5) is 11.2. The number of hydrogen-bond acceptors (Lipinski definition) is 3. The van der Waals surface area contributed by atoms with Crippen LogP contribution in [0.3, 0.4) is 0 Å². The second-order valence-electron chi connectivity index (χ2n) is 4.89. The average Bonchev–Trinajstić information content (AvgIpc) is 2.76. The molecule has 0 radical (unpaired) electrons. The van der Waals surface area contributed by atoms with Crippen LogP contribution in [0.2, 0.25) is 0 Å². The predicted molar refractivity (Wildman–Crippen MR) is 63.6 cm³/mol. The number of benzene rings is 1. The number of aryl methyl sites for hydroxylation is 1. The van der Waals surface area contributed by atoms with Crippen molar-refractivity contribution in [3.8, 4) is 0 Å². The molecule has 0 spiro atoms. The van der Waals surface area contributed by atoms with Crippen molar-refractivity contribution in [1.82, 2.24) is 0 Å². The molecule has 3 heteroatoms. The van der Waals surface area contributed by atoms with Crippen LogP contribution in [0.1, 0.15) is 23.5 Å². The number of carboxylic acids is 1. The van der Waals surface area contributed by atoms with Crippen molar-refractivity contribution in [3.05, 3.63) is 41.5 Å². The third-order valence-electron chi connectivity index (χ3n) is 3.77. The first-order valence-electron chi connectivity index (χ1n) is 5.91. The highest BCUT2D eigenvalue weighted by Gasteiger charge is 2.37. The molecule has 1 N–H and O–H groups in total. The predicted octanol–water partition coefficient (Wildman–Crippen LogP) is 1.20. The lowest BCUT2D eigenvalue weighted by molar-refractivity contribution is -0.308. The summed E-state index contributed by atoms with van der Waals surface area (Å²) in [7, 11) is 0. The maximum atomic E-state index is 11.2. The van der Waals surface area contributed by atoms with Gasteiger partial charge in [0.1, 0.15) is 0 Å². The molecule has 0 unspecified atom stereocenters. The number of fused-ring (bicyclic) bond motifs is 3. The van der Waals surface area contributed by atoms with Crippen molar-refractivity contribution in [2.45, 2.75) is 25.3 Å². The van der Waals surface area contributed by atoms with Crippen LogP contribution < -0.4 is 10.4 Å². The van der Waals surface area contributed by atoms with E-state index in [0.29, 0.717) is 0 Å². The summed E-state index contributed by atoms with van der Waals surface area (Å²) < 4.78 is 0. The van der Waals surface area contributed by atoms with Crippen molar-refractivity contribution in [2.75, 3.05) is 5.32 Å². The van der Waals surface area contributed by atoms with E-state index in [0.717, 1.165) is 12.1 Å². The Labute approximate surface area is 100 Å². The fraction of sp³-hybridized carbons (Fsp3) is 0.357. The quantitative estimate of drug-likeness (QED) is 0.735. The number of aliphatic carboxylic acids is 1. The van der Waals surface area contributed by atoms with Crippen molar-refractivity contribution in [2.24, 2.45) is 5.92 Å². The molecule has 1 aliphatic carbocycles. The number of carbonyl (C=O) groups is 1. The van der Waals surface area contributed by atoms with Gasteiger partial charge in [0.15, 0.2) is 0 Å². The molecule has 3 nitrogen and oxygen atoms in total. The maximum absolute atomic E-state index is 11.2. The van der Waals surface area contributed by atoms with Gasteiger partial charge in [-0.25, -0.2) is 0 Å². The summed E-state index contributed by atoms with van der Waals surface area (Å²) >= 11 is 0. The Morgan fingerprint density at radius 3 is 3.06 bits per heavy atom. The van der Waals surface area contributed by atoms with Gasteiger partial charge in [0, 0.05) is 11.6 Å². The highest BCUT2D eigenvalue weighted by Crippen LogP contribution is 2.44. The van der Waals surface area contributed by atoms with Crippen LogP contribution in [0.15, 0.2) is 30.4 Å². The van der Waals surface area contributed by atoms with Crippen molar-refractivity contribution < 1.29 is 9.90 Å². The zero-order chi connectivity index (χ0) is 12.0. The molecule has 0 aromatic heterocycles. The van der Waals surface area contributed by atoms with Gasteiger partial charge in [0.05, 0.1) is 12.0 Å². The molecule has 1 heterocycles. The summed E-state index contributed by atoms with van der Waals surface area (Å²) in [6.45, 7) is 2.05. The molecule has 0 bridgehead atoms. The molecule has 3 rings (SSSR count). The number of hydrogen-bond donors (Lipinski definition) is 1. The Kier molecular flexibility index (Phi) is 2.21. The van der Waals surface area contributed by atoms with Crippen LogP contribution in [0.5, 0.6) is 0 Å². The van der Waals surface area contributed by atoms with Gasteiger partial charge in [-0.3, -0.25) is 0 Å². The van der Waals surface area contributed by atoms with Crippen molar-refractivity contribution in [3.63, 3.8) is 0 Å². The molecule has 1 aromatic rings. The normalized spacial score (nSPS) is 29.4. The third kappa shape index (κ3) is 1.54. The smallest absolute Gasteiger partial charge is 0.0698 e. The van der Waals surface area contributed by atoms with Crippen LogP contribution in [-0.4, -0.2) is 12.0 Å². The Bertz CT molecular complexity index is 507. The van der Waals surface area contributed by atoms with E-state index in [9.17, 15) is 9.90 Å². The summed E-state index contributed by atoms with van der Waals surface area (Å²) in [5.74, 6) is -0.696. The minimum atomic E-state index is -1.00. The molecule has 1 aliphatic heterocycles. The number of carbonyl (C=O) groups excluding carboxylic acids is 1. The lowest BCUT2D eigenvalue weighted by Crippen LogP contribution is -2.48. The van der Waals surface area contributed by atoms with Gasteiger partial charge in [-0.15, -0.1) is 0 Å². The minimum Gasteiger partial charge on any atom is -0.548 e. The molecule has 2 aliphatic rings. The molecule has 0 saturated heterocycles. The number of allylic oxidation sites excluding steroid dienone is 2. The molecule has 1 aromatic carbocycles. The van der Waals surface area contributed by atoms with E-state index >= 15 is 0 Å². The van der Waals surface area contributed by atoms with Crippen LogP contribution >= 0.6 is 0 Å². The number of anilines is 1. The highest BCUT2D eigenvalue weighted by atomic mass is 16.4. The fourth-order valence-corrected chi connectivity index (χ4v) is 2.95. The third-order valence-corrected chi connectivity index (χ3v) is 3.77. The van der Waals surface area contributed by atoms with E-state index in [1.54, 1.807) is 0 Å². The van der Waals surface area contributed by atoms with E-state index in [4.69, 9.17) is 0 Å². The standard InChI is InChI=1S/C14H15NO2/c1-8-5-6-12-11(7-8)9-3-2-4-10(9)13(15-12)14(16)17/h2-3,5-7,9-10,13,15H,4H2,1H3,(H,16,17)/p-1/t9-,10+,13+/m0/s1. The van der Waals surface area contributed by atoms with Crippen LogP contribution in [0.4, 0.5) is 5.69 Å². The van der Waals surface area contributed by atoms with Gasteiger partial charge in [0.25, 0.3) is 0 Å². The summed E-state index contributed by atoms with van der Waals surface area (Å²) in [5.41, 5.74) is 3.34. The Morgan fingerprint density at radius 1 is 1.47 bits per heavy atom. The average molecular weight is 228 g/mol. The molecular formula is C14H14NO2-. The summed E-state index contributed by atoms with van der Waals surface area (Å²) in [6, 6.07) is 5.52. The second kappa shape index (κ2) is 3.62. The number of carboxylic acid groups (broad SMARTS) is 1.